The second-order valence-corrected chi connectivity index (χ2v) is 5.45. The van der Waals surface area contributed by atoms with Crippen LogP contribution < -0.4 is 5.32 Å². The lowest BCUT2D eigenvalue weighted by Gasteiger charge is -2.23. The number of hydrogen-bond donors (Lipinski definition) is 1. The van der Waals surface area contributed by atoms with Crippen LogP contribution in [-0.2, 0) is 4.74 Å². The van der Waals surface area contributed by atoms with E-state index in [1.54, 1.807) is 0 Å². The Morgan fingerprint density at radius 1 is 1.44 bits per heavy atom. The van der Waals surface area contributed by atoms with Gasteiger partial charge in [-0.05, 0) is 39.1 Å². The van der Waals surface area contributed by atoms with Gasteiger partial charge in [0.2, 0.25) is 0 Å². The molecule has 1 aliphatic rings. The summed E-state index contributed by atoms with van der Waals surface area (Å²) in [5.41, 5.74) is 0. The van der Waals surface area contributed by atoms with E-state index < -0.39 is 0 Å². The van der Waals surface area contributed by atoms with E-state index in [-0.39, 0.29) is 0 Å². The lowest BCUT2D eigenvalue weighted by molar-refractivity contribution is 0.144. The molecule has 1 unspecified atom stereocenters. The van der Waals surface area contributed by atoms with Gasteiger partial charge in [0.25, 0.3) is 0 Å². The van der Waals surface area contributed by atoms with E-state index in [2.05, 4.69) is 29.0 Å². The third kappa shape index (κ3) is 6.09. The first-order valence-corrected chi connectivity index (χ1v) is 7.56. The van der Waals surface area contributed by atoms with E-state index in [1.165, 1.54) is 24.5 Å². The SMILES string of the molecule is CCOCCCNCCN(C)C1CCSC1. The fraction of sp³-hybridized carbons (Fsp3) is 1.00. The van der Waals surface area contributed by atoms with Crippen LogP contribution in [0.4, 0.5) is 0 Å². The number of thioether (sulfide) groups is 1. The summed E-state index contributed by atoms with van der Waals surface area (Å²) in [7, 11) is 2.25. The van der Waals surface area contributed by atoms with Gasteiger partial charge in [-0.15, -0.1) is 0 Å². The van der Waals surface area contributed by atoms with Gasteiger partial charge in [0.1, 0.15) is 0 Å². The molecule has 4 heteroatoms. The number of rotatable bonds is 9. The molecule has 1 N–H and O–H groups in total. The van der Waals surface area contributed by atoms with Gasteiger partial charge in [-0.1, -0.05) is 0 Å². The van der Waals surface area contributed by atoms with Crippen molar-refractivity contribution in [2.75, 3.05) is 51.4 Å². The van der Waals surface area contributed by atoms with Gasteiger partial charge in [0, 0.05) is 38.1 Å². The maximum atomic E-state index is 5.29. The Hall–Kier alpha value is 0.230. The summed E-state index contributed by atoms with van der Waals surface area (Å²) >= 11 is 2.08. The van der Waals surface area contributed by atoms with Crippen molar-refractivity contribution in [3.8, 4) is 0 Å². The van der Waals surface area contributed by atoms with Gasteiger partial charge < -0.3 is 15.0 Å². The molecular formula is C12H26N2OS. The van der Waals surface area contributed by atoms with Gasteiger partial charge in [0.05, 0.1) is 0 Å². The molecule has 0 spiro atoms. The summed E-state index contributed by atoms with van der Waals surface area (Å²) in [6.45, 7) is 7.11. The molecule has 0 aromatic rings. The lowest BCUT2D eigenvalue weighted by Crippen LogP contribution is -2.37. The molecule has 0 aromatic heterocycles. The maximum absolute atomic E-state index is 5.29. The molecule has 1 rings (SSSR count). The highest BCUT2D eigenvalue weighted by Gasteiger charge is 2.18. The smallest absolute Gasteiger partial charge is 0.0477 e. The van der Waals surface area contributed by atoms with Crippen molar-refractivity contribution in [1.29, 1.82) is 0 Å². The van der Waals surface area contributed by atoms with Crippen LogP contribution in [0.25, 0.3) is 0 Å². The fourth-order valence-electron chi connectivity index (χ4n) is 1.88. The standard InChI is InChI=1S/C12H26N2OS/c1-3-15-9-4-6-13-7-8-14(2)12-5-10-16-11-12/h12-13H,3-11H2,1-2H3. The summed E-state index contributed by atoms with van der Waals surface area (Å²) < 4.78 is 5.29. The summed E-state index contributed by atoms with van der Waals surface area (Å²) in [4.78, 5) is 2.50. The van der Waals surface area contributed by atoms with Crippen molar-refractivity contribution in [2.24, 2.45) is 0 Å². The largest absolute Gasteiger partial charge is 0.382 e. The zero-order valence-electron chi connectivity index (χ0n) is 10.7. The molecule has 16 heavy (non-hydrogen) atoms. The summed E-state index contributed by atoms with van der Waals surface area (Å²) in [6.07, 6.45) is 2.49. The van der Waals surface area contributed by atoms with Gasteiger partial charge in [-0.2, -0.15) is 11.8 Å². The van der Waals surface area contributed by atoms with Crippen molar-refractivity contribution in [2.45, 2.75) is 25.8 Å². The average Bonchev–Trinajstić information content (AvgIpc) is 2.81. The number of nitrogens with zero attached hydrogens (tertiary/aromatic N) is 1. The molecule has 96 valence electrons. The third-order valence-corrected chi connectivity index (χ3v) is 4.16. The molecule has 0 amide bonds. The van der Waals surface area contributed by atoms with Crippen molar-refractivity contribution < 1.29 is 4.74 Å². The van der Waals surface area contributed by atoms with Crippen LogP contribution in [0.15, 0.2) is 0 Å². The van der Waals surface area contributed by atoms with Crippen LogP contribution in [-0.4, -0.2) is 62.3 Å². The van der Waals surface area contributed by atoms with E-state index in [0.29, 0.717) is 0 Å². The Kier molecular flexibility index (Phi) is 8.29. The second kappa shape index (κ2) is 9.28. The van der Waals surface area contributed by atoms with Crippen molar-refractivity contribution in [3.63, 3.8) is 0 Å². The Morgan fingerprint density at radius 2 is 2.31 bits per heavy atom. The molecule has 1 heterocycles. The minimum Gasteiger partial charge on any atom is -0.382 e. The molecule has 0 radical (unpaired) electrons. The normalized spacial score (nSPS) is 20.8. The first kappa shape index (κ1) is 14.3. The minimum absolute atomic E-state index is 0.815. The first-order valence-electron chi connectivity index (χ1n) is 6.41. The zero-order chi connectivity index (χ0) is 11.6. The average molecular weight is 246 g/mol. The third-order valence-electron chi connectivity index (χ3n) is 3.02. The summed E-state index contributed by atoms with van der Waals surface area (Å²) in [6, 6.07) is 0.815. The number of likely N-dealkylation sites (N-methyl/N-ethyl adjacent to an activating group) is 1. The van der Waals surface area contributed by atoms with Gasteiger partial charge in [0.15, 0.2) is 0 Å². The Labute approximate surface area is 104 Å². The molecule has 0 bridgehead atoms. The van der Waals surface area contributed by atoms with Crippen LogP contribution in [0, 0.1) is 0 Å². The highest BCUT2D eigenvalue weighted by atomic mass is 32.2. The molecule has 3 nitrogen and oxygen atoms in total. The maximum Gasteiger partial charge on any atom is 0.0477 e. The van der Waals surface area contributed by atoms with Crippen LogP contribution in [0.3, 0.4) is 0 Å². The van der Waals surface area contributed by atoms with Gasteiger partial charge >= 0.3 is 0 Å². The molecular weight excluding hydrogens is 220 g/mol. The van der Waals surface area contributed by atoms with E-state index in [9.17, 15) is 0 Å². The zero-order valence-corrected chi connectivity index (χ0v) is 11.5. The van der Waals surface area contributed by atoms with Crippen LogP contribution in [0.5, 0.6) is 0 Å². The summed E-state index contributed by atoms with van der Waals surface area (Å²) in [5, 5.41) is 3.47. The van der Waals surface area contributed by atoms with E-state index in [4.69, 9.17) is 4.74 Å². The predicted molar refractivity (Wildman–Crippen MR) is 72.3 cm³/mol. The number of nitrogens with one attached hydrogen (secondary N) is 1. The second-order valence-electron chi connectivity index (χ2n) is 4.30. The molecule has 1 aliphatic heterocycles. The van der Waals surface area contributed by atoms with Crippen LogP contribution in [0.1, 0.15) is 19.8 Å². The first-order chi connectivity index (χ1) is 7.84. The van der Waals surface area contributed by atoms with Crippen LogP contribution >= 0.6 is 11.8 Å². The van der Waals surface area contributed by atoms with Crippen molar-refractivity contribution in [3.05, 3.63) is 0 Å². The van der Waals surface area contributed by atoms with E-state index >= 15 is 0 Å². The Morgan fingerprint density at radius 3 is 3.00 bits per heavy atom. The van der Waals surface area contributed by atoms with Crippen molar-refractivity contribution >= 4 is 11.8 Å². The quantitative estimate of drug-likeness (QED) is 0.622. The molecule has 0 aliphatic carbocycles. The topological polar surface area (TPSA) is 24.5 Å². The molecule has 0 aromatic carbocycles. The lowest BCUT2D eigenvalue weighted by atomic mass is 10.2. The van der Waals surface area contributed by atoms with Crippen LogP contribution in [0.2, 0.25) is 0 Å². The predicted octanol–water partition coefficient (Wildman–Crippen LogP) is 1.44. The van der Waals surface area contributed by atoms with Gasteiger partial charge in [-0.3, -0.25) is 0 Å². The number of hydrogen-bond acceptors (Lipinski definition) is 4. The van der Waals surface area contributed by atoms with E-state index in [1.807, 2.05) is 6.92 Å². The highest BCUT2D eigenvalue weighted by Crippen LogP contribution is 2.20. The molecule has 1 fully saturated rings. The summed E-state index contributed by atoms with van der Waals surface area (Å²) in [5.74, 6) is 2.66. The highest BCUT2D eigenvalue weighted by molar-refractivity contribution is 7.99. The Balaban J connectivity index is 1.86. The molecule has 0 saturated carbocycles. The van der Waals surface area contributed by atoms with Gasteiger partial charge in [-0.25, -0.2) is 0 Å². The minimum atomic E-state index is 0.815. The Bertz CT molecular complexity index is 163. The van der Waals surface area contributed by atoms with Crippen molar-refractivity contribution in [1.82, 2.24) is 10.2 Å². The molecule has 1 atom stereocenters. The fourth-order valence-corrected chi connectivity index (χ4v) is 3.17. The molecule has 1 saturated heterocycles. The number of ether oxygens (including phenoxy) is 1. The monoisotopic (exact) mass is 246 g/mol. The van der Waals surface area contributed by atoms with E-state index in [0.717, 1.165) is 38.8 Å².